The second-order valence-corrected chi connectivity index (χ2v) is 8.95. The highest BCUT2D eigenvalue weighted by molar-refractivity contribution is 7.91. The molecule has 130 valence electrons. The molecule has 0 saturated carbocycles. The van der Waals surface area contributed by atoms with Gasteiger partial charge < -0.3 is 9.73 Å². The standard InChI is InChI=1S/C15H17ClN2O5S/c1-15(5-7-24(21,22)9-15)17-13(19)4-6-18-11-3-2-10(16)8-12(11)23-14(18)20/h2-3,8H,4-7,9H2,1H3,(H,17,19). The van der Waals surface area contributed by atoms with E-state index in [1.807, 2.05) is 0 Å². The van der Waals surface area contributed by atoms with Gasteiger partial charge in [0.15, 0.2) is 15.4 Å². The van der Waals surface area contributed by atoms with Gasteiger partial charge in [0.2, 0.25) is 5.91 Å². The van der Waals surface area contributed by atoms with Crippen molar-refractivity contribution >= 4 is 38.4 Å². The Morgan fingerprint density at radius 2 is 2.21 bits per heavy atom. The number of sulfone groups is 1. The summed E-state index contributed by atoms with van der Waals surface area (Å²) >= 11 is 5.86. The highest BCUT2D eigenvalue weighted by Crippen LogP contribution is 2.23. The first kappa shape index (κ1) is 17.0. The second-order valence-electron chi connectivity index (χ2n) is 6.33. The number of carbonyl (C=O) groups is 1. The minimum Gasteiger partial charge on any atom is -0.408 e. The van der Waals surface area contributed by atoms with Crippen LogP contribution in [0.1, 0.15) is 19.8 Å². The van der Waals surface area contributed by atoms with Crippen LogP contribution in [-0.2, 0) is 21.2 Å². The van der Waals surface area contributed by atoms with E-state index >= 15 is 0 Å². The number of benzene rings is 1. The van der Waals surface area contributed by atoms with Crippen molar-refractivity contribution in [3.05, 3.63) is 33.8 Å². The Kier molecular flexibility index (Phi) is 4.21. The van der Waals surface area contributed by atoms with Crippen LogP contribution in [0.15, 0.2) is 27.4 Å². The maximum atomic E-state index is 12.1. The Bertz CT molecular complexity index is 962. The minimum atomic E-state index is -3.09. The molecule has 1 unspecified atom stereocenters. The molecule has 2 aromatic rings. The number of amides is 1. The average Bonchev–Trinajstić information content (AvgIpc) is 2.91. The monoisotopic (exact) mass is 372 g/mol. The summed E-state index contributed by atoms with van der Waals surface area (Å²) in [4.78, 5) is 24.0. The first-order chi connectivity index (χ1) is 11.2. The van der Waals surface area contributed by atoms with E-state index in [-0.39, 0.29) is 30.4 Å². The SMILES string of the molecule is CC1(NC(=O)CCn2c(=O)oc3cc(Cl)ccc32)CCS(=O)(=O)C1. The van der Waals surface area contributed by atoms with Crippen molar-refractivity contribution in [1.29, 1.82) is 0 Å². The zero-order valence-corrected chi connectivity index (χ0v) is 14.6. The van der Waals surface area contributed by atoms with Gasteiger partial charge in [-0.05, 0) is 25.5 Å². The molecule has 1 aliphatic rings. The summed E-state index contributed by atoms with van der Waals surface area (Å²) in [6.07, 6.45) is 0.445. The van der Waals surface area contributed by atoms with Crippen LogP contribution in [-0.4, -0.2) is 35.9 Å². The topological polar surface area (TPSA) is 98.4 Å². The molecule has 0 aliphatic carbocycles. The smallest absolute Gasteiger partial charge is 0.408 e. The van der Waals surface area contributed by atoms with Gasteiger partial charge in [-0.3, -0.25) is 9.36 Å². The van der Waals surface area contributed by atoms with Crippen molar-refractivity contribution in [1.82, 2.24) is 9.88 Å². The van der Waals surface area contributed by atoms with Crippen LogP contribution in [0.5, 0.6) is 0 Å². The lowest BCUT2D eigenvalue weighted by molar-refractivity contribution is -0.122. The maximum Gasteiger partial charge on any atom is 0.419 e. The normalized spacial score (nSPS) is 22.8. The predicted molar refractivity (Wildman–Crippen MR) is 89.9 cm³/mol. The molecule has 1 aliphatic heterocycles. The third-order valence-electron chi connectivity index (χ3n) is 4.14. The molecule has 3 rings (SSSR count). The minimum absolute atomic E-state index is 0.0484. The second kappa shape index (κ2) is 5.93. The number of hydrogen-bond acceptors (Lipinski definition) is 5. The molecule has 1 fully saturated rings. The summed E-state index contributed by atoms with van der Waals surface area (Å²) in [5.41, 5.74) is 0.181. The quantitative estimate of drug-likeness (QED) is 0.873. The van der Waals surface area contributed by atoms with Crippen LogP contribution in [0.25, 0.3) is 11.1 Å². The summed E-state index contributed by atoms with van der Waals surface area (Å²) in [6, 6.07) is 4.84. The highest BCUT2D eigenvalue weighted by Gasteiger charge is 2.39. The zero-order chi connectivity index (χ0) is 17.5. The van der Waals surface area contributed by atoms with Gasteiger partial charge in [0.1, 0.15) is 0 Å². The Morgan fingerprint density at radius 1 is 1.46 bits per heavy atom. The number of aryl methyl sites for hydroxylation is 1. The van der Waals surface area contributed by atoms with E-state index < -0.39 is 21.1 Å². The average molecular weight is 373 g/mol. The summed E-state index contributed by atoms with van der Waals surface area (Å²) < 4.78 is 29.6. The van der Waals surface area contributed by atoms with Crippen LogP contribution in [0, 0.1) is 0 Å². The number of aromatic nitrogens is 1. The van der Waals surface area contributed by atoms with Gasteiger partial charge in [-0.25, -0.2) is 13.2 Å². The molecule has 24 heavy (non-hydrogen) atoms. The van der Waals surface area contributed by atoms with E-state index in [2.05, 4.69) is 5.32 Å². The largest absolute Gasteiger partial charge is 0.419 e. The summed E-state index contributed by atoms with van der Waals surface area (Å²) in [5, 5.41) is 3.22. The van der Waals surface area contributed by atoms with Gasteiger partial charge >= 0.3 is 5.76 Å². The van der Waals surface area contributed by atoms with Gasteiger partial charge in [0, 0.05) is 24.1 Å². The van der Waals surface area contributed by atoms with Crippen LogP contribution in [0.2, 0.25) is 5.02 Å². The van der Waals surface area contributed by atoms with Gasteiger partial charge in [-0.15, -0.1) is 0 Å². The van der Waals surface area contributed by atoms with E-state index in [0.717, 1.165) is 0 Å². The number of oxazole rings is 1. The number of rotatable bonds is 4. The van der Waals surface area contributed by atoms with Crippen molar-refractivity contribution in [2.75, 3.05) is 11.5 Å². The van der Waals surface area contributed by atoms with Crippen molar-refractivity contribution in [3.8, 4) is 0 Å². The Hall–Kier alpha value is -1.80. The maximum absolute atomic E-state index is 12.1. The van der Waals surface area contributed by atoms with Gasteiger partial charge in [-0.1, -0.05) is 11.6 Å². The molecule has 0 spiro atoms. The van der Waals surface area contributed by atoms with Crippen molar-refractivity contribution in [2.24, 2.45) is 0 Å². The molecule has 1 amide bonds. The molecule has 0 radical (unpaired) electrons. The van der Waals surface area contributed by atoms with Gasteiger partial charge in [0.05, 0.1) is 22.6 Å². The number of fused-ring (bicyclic) bond motifs is 1. The Labute approximate surface area is 143 Å². The molecule has 1 atom stereocenters. The molecule has 0 bridgehead atoms. The van der Waals surface area contributed by atoms with Crippen LogP contribution in [0.3, 0.4) is 0 Å². The Balaban J connectivity index is 1.69. The van der Waals surface area contributed by atoms with Crippen LogP contribution >= 0.6 is 11.6 Å². The van der Waals surface area contributed by atoms with E-state index in [9.17, 15) is 18.0 Å². The van der Waals surface area contributed by atoms with Crippen molar-refractivity contribution < 1.29 is 17.6 Å². The predicted octanol–water partition coefficient (Wildman–Crippen LogP) is 1.33. The van der Waals surface area contributed by atoms with Gasteiger partial charge in [0.25, 0.3) is 0 Å². The van der Waals surface area contributed by atoms with Crippen LogP contribution in [0.4, 0.5) is 0 Å². The molecule has 1 aromatic carbocycles. The first-order valence-corrected chi connectivity index (χ1v) is 9.68. The summed E-state index contributed by atoms with van der Waals surface area (Å²) in [7, 11) is -3.09. The van der Waals surface area contributed by atoms with Gasteiger partial charge in [-0.2, -0.15) is 0 Å². The van der Waals surface area contributed by atoms with E-state index in [1.54, 1.807) is 25.1 Å². The Morgan fingerprint density at radius 3 is 2.88 bits per heavy atom. The molecule has 2 heterocycles. The number of nitrogens with zero attached hydrogens (tertiary/aromatic N) is 1. The highest BCUT2D eigenvalue weighted by atomic mass is 35.5. The molecular weight excluding hydrogens is 356 g/mol. The fourth-order valence-electron chi connectivity index (χ4n) is 2.97. The lowest BCUT2D eigenvalue weighted by Crippen LogP contribution is -2.47. The summed E-state index contributed by atoms with van der Waals surface area (Å²) in [6.45, 7) is 1.86. The zero-order valence-electron chi connectivity index (χ0n) is 13.0. The van der Waals surface area contributed by atoms with Crippen molar-refractivity contribution in [3.63, 3.8) is 0 Å². The number of nitrogens with one attached hydrogen (secondary N) is 1. The third-order valence-corrected chi connectivity index (χ3v) is 6.28. The number of carbonyl (C=O) groups excluding carboxylic acids is 1. The third kappa shape index (κ3) is 3.49. The number of halogens is 1. The molecule has 1 aromatic heterocycles. The molecule has 7 nitrogen and oxygen atoms in total. The molecule has 1 saturated heterocycles. The van der Waals surface area contributed by atoms with E-state index in [1.165, 1.54) is 4.57 Å². The fraction of sp³-hybridized carbons (Fsp3) is 0.467. The molecular formula is C15H17ClN2O5S. The molecule has 9 heteroatoms. The van der Waals surface area contributed by atoms with E-state index in [0.29, 0.717) is 22.5 Å². The van der Waals surface area contributed by atoms with Crippen LogP contribution < -0.4 is 11.1 Å². The lowest BCUT2D eigenvalue weighted by Gasteiger charge is -2.23. The first-order valence-electron chi connectivity index (χ1n) is 7.48. The lowest BCUT2D eigenvalue weighted by atomic mass is 10.0. The fourth-order valence-corrected chi connectivity index (χ4v) is 5.23. The van der Waals surface area contributed by atoms with E-state index in [4.69, 9.17) is 16.0 Å². The summed E-state index contributed by atoms with van der Waals surface area (Å²) in [5.74, 6) is -0.839. The van der Waals surface area contributed by atoms with Crippen molar-refractivity contribution in [2.45, 2.75) is 31.8 Å². The number of hydrogen-bond donors (Lipinski definition) is 1. The molecule has 1 N–H and O–H groups in total.